The molecule has 0 atom stereocenters. The number of benzene rings is 1. The Hall–Kier alpha value is -0.920. The molecule has 0 aliphatic rings. The molecule has 1 aromatic rings. The van der Waals surface area contributed by atoms with E-state index in [9.17, 15) is 13.2 Å². The van der Waals surface area contributed by atoms with Gasteiger partial charge in [-0.3, -0.25) is 0 Å². The Morgan fingerprint density at radius 1 is 0.923 bits per heavy atom. The molecule has 0 bridgehead atoms. The Balaban J connectivity index is 3.69. The average molecular weight is 226 g/mol. The molecular formula is C7Cl2F3N. The number of nitriles is 1. The minimum Gasteiger partial charge on any atom is -0.202 e. The maximum Gasteiger partial charge on any atom is 0.197 e. The molecule has 0 aromatic heterocycles. The summed E-state index contributed by atoms with van der Waals surface area (Å²) in [5.74, 6) is -5.01. The molecule has 0 unspecified atom stereocenters. The van der Waals surface area contributed by atoms with Crippen LogP contribution in [0.25, 0.3) is 0 Å². The standard InChI is InChI=1S/C7Cl2F3N/c8-3-2(1-13)4(9)6(11)7(12)5(3)10. The maximum atomic E-state index is 12.7. The lowest BCUT2D eigenvalue weighted by Gasteiger charge is -2.02. The van der Waals surface area contributed by atoms with Gasteiger partial charge in [0.15, 0.2) is 17.5 Å². The fourth-order valence-electron chi connectivity index (χ4n) is 0.703. The fraction of sp³-hybridized carbons (Fsp3) is 0. The zero-order valence-corrected chi connectivity index (χ0v) is 7.35. The van der Waals surface area contributed by atoms with Crippen LogP contribution >= 0.6 is 23.2 Å². The van der Waals surface area contributed by atoms with Gasteiger partial charge in [0.05, 0.1) is 15.6 Å². The van der Waals surface area contributed by atoms with E-state index in [1.807, 2.05) is 0 Å². The Kier molecular flexibility index (Phi) is 2.69. The number of hydrogen-bond acceptors (Lipinski definition) is 1. The maximum absolute atomic E-state index is 12.7. The van der Waals surface area contributed by atoms with Gasteiger partial charge in [-0.1, -0.05) is 23.2 Å². The molecule has 0 heterocycles. The lowest BCUT2D eigenvalue weighted by Crippen LogP contribution is -1.96. The molecule has 0 radical (unpaired) electrons. The molecule has 68 valence electrons. The minimum absolute atomic E-state index is 0.611. The number of hydrogen-bond donors (Lipinski definition) is 0. The molecule has 0 N–H and O–H groups in total. The molecule has 0 fully saturated rings. The highest BCUT2D eigenvalue weighted by Gasteiger charge is 2.22. The van der Waals surface area contributed by atoms with Crippen LogP contribution in [0.4, 0.5) is 13.2 Å². The third-order valence-electron chi connectivity index (χ3n) is 1.32. The van der Waals surface area contributed by atoms with E-state index in [0.29, 0.717) is 0 Å². The predicted octanol–water partition coefficient (Wildman–Crippen LogP) is 3.28. The van der Waals surface area contributed by atoms with Crippen LogP contribution in [0.3, 0.4) is 0 Å². The van der Waals surface area contributed by atoms with Gasteiger partial charge in [0, 0.05) is 0 Å². The van der Waals surface area contributed by atoms with Crippen molar-refractivity contribution in [1.82, 2.24) is 0 Å². The molecule has 0 aliphatic heterocycles. The Morgan fingerprint density at radius 2 is 1.31 bits per heavy atom. The van der Waals surface area contributed by atoms with Gasteiger partial charge in [0.25, 0.3) is 0 Å². The number of halogens is 5. The van der Waals surface area contributed by atoms with E-state index in [2.05, 4.69) is 0 Å². The summed E-state index contributed by atoms with van der Waals surface area (Å²) in [6.07, 6.45) is 0. The van der Waals surface area contributed by atoms with Crippen molar-refractivity contribution in [2.24, 2.45) is 0 Å². The normalized spacial score (nSPS) is 9.85. The zero-order chi connectivity index (χ0) is 10.2. The van der Waals surface area contributed by atoms with E-state index < -0.39 is 33.1 Å². The van der Waals surface area contributed by atoms with Crippen LogP contribution < -0.4 is 0 Å². The second-order valence-corrected chi connectivity index (χ2v) is 2.81. The zero-order valence-electron chi connectivity index (χ0n) is 5.84. The second kappa shape index (κ2) is 3.44. The first kappa shape index (κ1) is 10.2. The highest BCUT2D eigenvalue weighted by Crippen LogP contribution is 2.31. The van der Waals surface area contributed by atoms with E-state index in [0.717, 1.165) is 0 Å². The summed E-state index contributed by atoms with van der Waals surface area (Å²) >= 11 is 10.4. The van der Waals surface area contributed by atoms with Crippen molar-refractivity contribution in [3.63, 3.8) is 0 Å². The van der Waals surface area contributed by atoms with Crippen molar-refractivity contribution in [2.45, 2.75) is 0 Å². The highest BCUT2D eigenvalue weighted by atomic mass is 35.5. The van der Waals surface area contributed by atoms with E-state index in [1.165, 1.54) is 6.07 Å². The van der Waals surface area contributed by atoms with Crippen LogP contribution in [0.1, 0.15) is 5.56 Å². The van der Waals surface area contributed by atoms with E-state index in [4.69, 9.17) is 28.5 Å². The van der Waals surface area contributed by atoms with Crippen LogP contribution in [-0.2, 0) is 0 Å². The Morgan fingerprint density at radius 3 is 1.62 bits per heavy atom. The minimum atomic E-state index is -1.78. The molecule has 0 aliphatic carbocycles. The lowest BCUT2D eigenvalue weighted by molar-refractivity contribution is 0.447. The smallest absolute Gasteiger partial charge is 0.197 e. The molecular weight excluding hydrogens is 226 g/mol. The van der Waals surface area contributed by atoms with Crippen molar-refractivity contribution in [3.8, 4) is 6.07 Å². The van der Waals surface area contributed by atoms with Crippen molar-refractivity contribution < 1.29 is 13.2 Å². The van der Waals surface area contributed by atoms with Gasteiger partial charge in [0.1, 0.15) is 6.07 Å². The highest BCUT2D eigenvalue weighted by molar-refractivity contribution is 6.36. The first-order chi connectivity index (χ1) is 6.00. The van der Waals surface area contributed by atoms with Gasteiger partial charge in [0.2, 0.25) is 0 Å². The average Bonchev–Trinajstić information content (AvgIpc) is 2.13. The van der Waals surface area contributed by atoms with Crippen LogP contribution in [0.15, 0.2) is 0 Å². The van der Waals surface area contributed by atoms with Gasteiger partial charge in [-0.15, -0.1) is 0 Å². The van der Waals surface area contributed by atoms with Gasteiger partial charge < -0.3 is 0 Å². The first-order valence-electron chi connectivity index (χ1n) is 2.92. The van der Waals surface area contributed by atoms with Crippen molar-refractivity contribution in [1.29, 1.82) is 5.26 Å². The van der Waals surface area contributed by atoms with Gasteiger partial charge in [-0.2, -0.15) is 5.26 Å². The van der Waals surface area contributed by atoms with E-state index >= 15 is 0 Å². The quantitative estimate of drug-likeness (QED) is 0.491. The van der Waals surface area contributed by atoms with E-state index in [-0.39, 0.29) is 0 Å². The van der Waals surface area contributed by atoms with Crippen LogP contribution in [0, 0.1) is 28.8 Å². The monoisotopic (exact) mass is 225 g/mol. The van der Waals surface area contributed by atoms with Crippen molar-refractivity contribution in [3.05, 3.63) is 33.1 Å². The molecule has 0 saturated heterocycles. The topological polar surface area (TPSA) is 23.8 Å². The van der Waals surface area contributed by atoms with Crippen LogP contribution in [0.5, 0.6) is 0 Å². The molecule has 0 amide bonds. The third kappa shape index (κ3) is 1.45. The Bertz CT molecular complexity index is 382. The van der Waals surface area contributed by atoms with Crippen LogP contribution in [-0.4, -0.2) is 0 Å². The molecule has 0 saturated carbocycles. The predicted molar refractivity (Wildman–Crippen MR) is 41.1 cm³/mol. The molecule has 1 rings (SSSR count). The molecule has 1 nitrogen and oxygen atoms in total. The van der Waals surface area contributed by atoms with Crippen molar-refractivity contribution in [2.75, 3.05) is 0 Å². The third-order valence-corrected chi connectivity index (χ3v) is 2.03. The second-order valence-electron chi connectivity index (χ2n) is 2.06. The van der Waals surface area contributed by atoms with Gasteiger partial charge in [-0.25, -0.2) is 13.2 Å². The summed E-state index contributed by atoms with van der Waals surface area (Å²) in [4.78, 5) is 0. The lowest BCUT2D eigenvalue weighted by atomic mass is 10.2. The number of rotatable bonds is 0. The largest absolute Gasteiger partial charge is 0.202 e. The van der Waals surface area contributed by atoms with Gasteiger partial charge >= 0.3 is 0 Å². The summed E-state index contributed by atoms with van der Waals surface area (Å²) in [5, 5.41) is 6.74. The molecule has 13 heavy (non-hydrogen) atoms. The summed E-state index contributed by atoms with van der Waals surface area (Å²) in [5.41, 5.74) is -0.611. The molecule has 0 spiro atoms. The summed E-state index contributed by atoms with van der Waals surface area (Å²) < 4.78 is 37.9. The summed E-state index contributed by atoms with van der Waals surface area (Å²) in [6, 6.07) is 1.36. The first-order valence-corrected chi connectivity index (χ1v) is 3.67. The van der Waals surface area contributed by atoms with Crippen molar-refractivity contribution >= 4 is 23.2 Å². The number of nitrogens with zero attached hydrogens (tertiary/aromatic N) is 1. The summed E-state index contributed by atoms with van der Waals surface area (Å²) in [7, 11) is 0. The molecule has 6 heteroatoms. The fourth-order valence-corrected chi connectivity index (χ4v) is 1.19. The Labute approximate surface area is 81.3 Å². The summed E-state index contributed by atoms with van der Waals surface area (Å²) in [6.45, 7) is 0. The van der Waals surface area contributed by atoms with Crippen LogP contribution in [0.2, 0.25) is 10.0 Å². The SMILES string of the molecule is N#Cc1c(Cl)c(F)c(F)c(F)c1Cl. The van der Waals surface area contributed by atoms with Gasteiger partial charge in [-0.05, 0) is 0 Å². The molecule has 1 aromatic carbocycles. The van der Waals surface area contributed by atoms with E-state index in [1.54, 1.807) is 0 Å².